The molecule has 0 saturated carbocycles. The Kier molecular flexibility index (Phi) is 6.09. The van der Waals surface area contributed by atoms with Crippen LogP contribution in [0.25, 0.3) is 0 Å². The number of nitrogens with zero attached hydrogens (tertiary/aromatic N) is 2. The summed E-state index contributed by atoms with van der Waals surface area (Å²) in [4.78, 5) is 30.8. The maximum atomic E-state index is 13.8. The van der Waals surface area contributed by atoms with E-state index in [2.05, 4.69) is 17.1 Å². The molecule has 3 aliphatic rings. The van der Waals surface area contributed by atoms with Crippen LogP contribution in [0.3, 0.4) is 0 Å². The van der Waals surface area contributed by atoms with E-state index in [4.69, 9.17) is 4.74 Å². The van der Waals surface area contributed by atoms with Gasteiger partial charge in [0, 0.05) is 31.6 Å². The van der Waals surface area contributed by atoms with Gasteiger partial charge in [-0.2, -0.15) is 0 Å². The molecule has 3 saturated heterocycles. The van der Waals surface area contributed by atoms with Gasteiger partial charge in [-0.05, 0) is 49.9 Å². The van der Waals surface area contributed by atoms with Gasteiger partial charge in [0.05, 0.1) is 19.1 Å². The highest BCUT2D eigenvalue weighted by molar-refractivity contribution is 5.91. The summed E-state index contributed by atoms with van der Waals surface area (Å²) >= 11 is 0. The summed E-state index contributed by atoms with van der Waals surface area (Å²) in [6.07, 6.45) is 5.47. The Morgan fingerprint density at radius 2 is 1.93 bits per heavy atom. The fourth-order valence-electron chi connectivity index (χ4n) is 5.35. The normalized spacial score (nSPS) is 29.2. The number of methoxy groups -OCH3 is 1. The molecular formula is C23H33N3O3. The van der Waals surface area contributed by atoms with Gasteiger partial charge in [0.1, 0.15) is 5.75 Å². The van der Waals surface area contributed by atoms with Crippen molar-refractivity contribution in [3.8, 4) is 5.75 Å². The van der Waals surface area contributed by atoms with Crippen molar-refractivity contribution in [1.29, 1.82) is 0 Å². The van der Waals surface area contributed by atoms with E-state index in [9.17, 15) is 9.59 Å². The van der Waals surface area contributed by atoms with E-state index in [0.717, 1.165) is 56.5 Å². The molecule has 1 N–H and O–H groups in total. The van der Waals surface area contributed by atoms with Crippen molar-refractivity contribution in [2.45, 2.75) is 63.6 Å². The van der Waals surface area contributed by atoms with Gasteiger partial charge in [0.25, 0.3) is 0 Å². The van der Waals surface area contributed by atoms with Gasteiger partial charge in [-0.1, -0.05) is 25.5 Å². The van der Waals surface area contributed by atoms with Crippen molar-refractivity contribution >= 4 is 11.8 Å². The highest BCUT2D eigenvalue weighted by Gasteiger charge is 2.49. The maximum absolute atomic E-state index is 13.8. The first-order valence-corrected chi connectivity index (χ1v) is 11.1. The lowest BCUT2D eigenvalue weighted by Gasteiger charge is -2.34. The summed E-state index contributed by atoms with van der Waals surface area (Å²) in [7, 11) is 1.65. The first kappa shape index (κ1) is 20.2. The second-order valence-electron chi connectivity index (χ2n) is 8.59. The number of rotatable bonds is 6. The first-order valence-electron chi connectivity index (χ1n) is 11.1. The molecule has 1 aromatic rings. The molecule has 0 radical (unpaired) electrons. The number of benzene rings is 1. The molecule has 3 fully saturated rings. The number of likely N-dealkylation sites (tertiary alicyclic amines) is 1. The SMILES string of the molecule is CCCCN1C(=O)CC(C(=O)N2C3CCNCC2CC3)C1c1ccc(OC)cc1. The van der Waals surface area contributed by atoms with Crippen LogP contribution in [0.2, 0.25) is 0 Å². The van der Waals surface area contributed by atoms with Crippen molar-refractivity contribution in [2.24, 2.45) is 5.92 Å². The molecule has 4 rings (SSSR count). The van der Waals surface area contributed by atoms with Crippen LogP contribution in [0.5, 0.6) is 5.75 Å². The molecule has 6 heteroatoms. The Bertz CT molecular complexity index is 721. The highest BCUT2D eigenvalue weighted by atomic mass is 16.5. The minimum Gasteiger partial charge on any atom is -0.497 e. The van der Waals surface area contributed by atoms with Gasteiger partial charge in [-0.3, -0.25) is 9.59 Å². The van der Waals surface area contributed by atoms with Crippen LogP contribution in [0.1, 0.15) is 57.1 Å². The van der Waals surface area contributed by atoms with Gasteiger partial charge in [0.15, 0.2) is 0 Å². The number of carbonyl (C=O) groups excluding carboxylic acids is 2. The number of hydrogen-bond donors (Lipinski definition) is 1. The van der Waals surface area contributed by atoms with Crippen LogP contribution >= 0.6 is 0 Å². The third-order valence-corrected chi connectivity index (χ3v) is 6.87. The topological polar surface area (TPSA) is 61.9 Å². The molecule has 0 aromatic heterocycles. The van der Waals surface area contributed by atoms with E-state index in [0.29, 0.717) is 19.0 Å². The Labute approximate surface area is 173 Å². The van der Waals surface area contributed by atoms with E-state index >= 15 is 0 Å². The van der Waals surface area contributed by atoms with E-state index in [1.54, 1.807) is 7.11 Å². The molecule has 0 spiro atoms. The van der Waals surface area contributed by atoms with Crippen molar-refractivity contribution in [3.63, 3.8) is 0 Å². The summed E-state index contributed by atoms with van der Waals surface area (Å²) in [5.41, 5.74) is 1.03. The molecule has 6 nitrogen and oxygen atoms in total. The fourth-order valence-corrected chi connectivity index (χ4v) is 5.35. The van der Waals surface area contributed by atoms with Gasteiger partial charge >= 0.3 is 0 Å². The molecular weight excluding hydrogens is 366 g/mol. The molecule has 0 aliphatic carbocycles. The van der Waals surface area contributed by atoms with Crippen molar-refractivity contribution in [1.82, 2.24) is 15.1 Å². The average molecular weight is 400 g/mol. The van der Waals surface area contributed by atoms with Gasteiger partial charge in [-0.25, -0.2) is 0 Å². The second-order valence-corrected chi connectivity index (χ2v) is 8.59. The third kappa shape index (κ3) is 3.87. The first-order chi connectivity index (χ1) is 14.1. The van der Waals surface area contributed by atoms with E-state index < -0.39 is 0 Å². The summed E-state index contributed by atoms with van der Waals surface area (Å²) in [6, 6.07) is 8.29. The van der Waals surface area contributed by atoms with Gasteiger partial charge < -0.3 is 19.9 Å². The molecule has 29 heavy (non-hydrogen) atoms. The summed E-state index contributed by atoms with van der Waals surface area (Å²) in [6.45, 7) is 4.69. The Morgan fingerprint density at radius 1 is 1.17 bits per heavy atom. The zero-order chi connectivity index (χ0) is 20.4. The third-order valence-electron chi connectivity index (χ3n) is 6.87. The minimum atomic E-state index is -0.297. The zero-order valence-corrected chi connectivity index (χ0v) is 17.6. The minimum absolute atomic E-state index is 0.109. The lowest BCUT2D eigenvalue weighted by atomic mass is 9.91. The fraction of sp³-hybridized carbons (Fsp3) is 0.652. The number of hydrogen-bond acceptors (Lipinski definition) is 4. The average Bonchev–Trinajstić information content (AvgIpc) is 3.20. The largest absolute Gasteiger partial charge is 0.497 e. The lowest BCUT2D eigenvalue weighted by molar-refractivity contribution is -0.139. The molecule has 3 aliphatic heterocycles. The molecule has 2 amide bonds. The molecule has 1 aromatic carbocycles. The van der Waals surface area contributed by atoms with E-state index in [-0.39, 0.29) is 29.8 Å². The quantitative estimate of drug-likeness (QED) is 0.799. The van der Waals surface area contributed by atoms with Crippen LogP contribution in [0.4, 0.5) is 0 Å². The molecule has 4 unspecified atom stereocenters. The maximum Gasteiger partial charge on any atom is 0.229 e. The number of fused-ring (bicyclic) bond motifs is 2. The smallest absolute Gasteiger partial charge is 0.229 e. The predicted molar refractivity (Wildman–Crippen MR) is 112 cm³/mol. The highest BCUT2D eigenvalue weighted by Crippen LogP contribution is 2.42. The van der Waals surface area contributed by atoms with Crippen LogP contribution in [-0.2, 0) is 9.59 Å². The standard InChI is InChI=1S/C23H33N3O3/c1-3-4-13-25-21(27)14-20(22(25)16-5-9-19(29-2)10-6-16)23(28)26-17-7-8-18(26)15-24-12-11-17/h5-6,9-10,17-18,20,22,24H,3-4,7-8,11-15H2,1-2H3. The summed E-state index contributed by atoms with van der Waals surface area (Å²) in [5, 5.41) is 3.47. The van der Waals surface area contributed by atoms with Gasteiger partial charge in [0.2, 0.25) is 11.8 Å². The zero-order valence-electron chi connectivity index (χ0n) is 17.6. The van der Waals surface area contributed by atoms with Crippen molar-refractivity contribution < 1.29 is 14.3 Å². The molecule has 2 bridgehead atoms. The van der Waals surface area contributed by atoms with Crippen molar-refractivity contribution in [3.05, 3.63) is 29.8 Å². The molecule has 4 atom stereocenters. The number of carbonyl (C=O) groups is 2. The Morgan fingerprint density at radius 3 is 2.66 bits per heavy atom. The number of amides is 2. The number of ether oxygens (including phenoxy) is 1. The summed E-state index contributed by atoms with van der Waals surface area (Å²) < 4.78 is 5.30. The van der Waals surface area contributed by atoms with E-state index in [1.807, 2.05) is 29.2 Å². The van der Waals surface area contributed by atoms with Gasteiger partial charge in [-0.15, -0.1) is 0 Å². The predicted octanol–water partition coefficient (Wildman–Crippen LogP) is 2.74. The molecule has 158 valence electrons. The van der Waals surface area contributed by atoms with Crippen LogP contribution in [0.15, 0.2) is 24.3 Å². The van der Waals surface area contributed by atoms with Crippen LogP contribution in [0, 0.1) is 5.92 Å². The second kappa shape index (κ2) is 8.74. The van der Waals surface area contributed by atoms with Crippen LogP contribution in [-0.4, -0.2) is 60.4 Å². The van der Waals surface area contributed by atoms with Crippen LogP contribution < -0.4 is 10.1 Å². The van der Waals surface area contributed by atoms with E-state index in [1.165, 1.54) is 0 Å². The number of nitrogens with one attached hydrogen (secondary N) is 1. The number of unbranched alkanes of at least 4 members (excludes halogenated alkanes) is 1. The molecule has 3 heterocycles. The summed E-state index contributed by atoms with van der Waals surface area (Å²) in [5.74, 6) is 0.777. The van der Waals surface area contributed by atoms with Crippen molar-refractivity contribution in [2.75, 3.05) is 26.7 Å². The lowest BCUT2D eigenvalue weighted by Crippen LogP contribution is -2.46. The Balaban J connectivity index is 1.64. The Hall–Kier alpha value is -2.08. The monoisotopic (exact) mass is 399 g/mol.